The molecule has 2 aromatic carbocycles. The molecule has 20 heavy (non-hydrogen) atoms. The molecule has 0 aliphatic rings. The van der Waals surface area contributed by atoms with Gasteiger partial charge >= 0.3 is 0 Å². The van der Waals surface area contributed by atoms with E-state index >= 15 is 0 Å². The molecule has 0 bridgehead atoms. The van der Waals surface area contributed by atoms with Crippen LogP contribution in [0, 0.1) is 11.3 Å². The molecular formula is C16H11ClN2O. The number of rotatable bonds is 3. The Morgan fingerprint density at radius 3 is 2.55 bits per heavy atom. The van der Waals surface area contributed by atoms with E-state index < -0.39 is 5.91 Å². The van der Waals surface area contributed by atoms with Crippen LogP contribution in [-0.2, 0) is 4.79 Å². The predicted molar refractivity (Wildman–Crippen MR) is 80.1 cm³/mol. The van der Waals surface area contributed by atoms with Gasteiger partial charge in [-0.2, -0.15) is 5.26 Å². The summed E-state index contributed by atoms with van der Waals surface area (Å²) in [6.07, 6.45) is 1.50. The molecule has 1 amide bonds. The molecule has 98 valence electrons. The van der Waals surface area contributed by atoms with Crippen LogP contribution in [0.5, 0.6) is 0 Å². The second kappa shape index (κ2) is 6.55. The maximum absolute atomic E-state index is 12.0. The zero-order valence-electron chi connectivity index (χ0n) is 10.5. The minimum atomic E-state index is -0.446. The summed E-state index contributed by atoms with van der Waals surface area (Å²) in [5.74, 6) is -0.446. The average Bonchev–Trinajstić information content (AvgIpc) is 2.46. The van der Waals surface area contributed by atoms with E-state index in [0.29, 0.717) is 16.3 Å². The molecule has 0 fully saturated rings. The summed E-state index contributed by atoms with van der Waals surface area (Å²) in [6, 6.07) is 17.8. The first-order valence-electron chi connectivity index (χ1n) is 5.93. The second-order valence-electron chi connectivity index (χ2n) is 4.04. The number of hydrogen-bond donors (Lipinski definition) is 1. The van der Waals surface area contributed by atoms with Crippen molar-refractivity contribution in [1.29, 1.82) is 5.26 Å². The van der Waals surface area contributed by atoms with Gasteiger partial charge < -0.3 is 5.32 Å². The lowest BCUT2D eigenvalue weighted by molar-refractivity contribution is -0.112. The summed E-state index contributed by atoms with van der Waals surface area (Å²) < 4.78 is 0. The normalized spacial score (nSPS) is 10.7. The van der Waals surface area contributed by atoms with Crippen molar-refractivity contribution in [3.8, 4) is 6.07 Å². The Morgan fingerprint density at radius 2 is 1.90 bits per heavy atom. The van der Waals surface area contributed by atoms with Gasteiger partial charge in [-0.1, -0.05) is 41.9 Å². The van der Waals surface area contributed by atoms with Crippen molar-refractivity contribution < 1.29 is 4.79 Å². The third-order valence-corrected chi connectivity index (χ3v) is 2.79. The first-order chi connectivity index (χ1) is 9.69. The third kappa shape index (κ3) is 3.71. The van der Waals surface area contributed by atoms with Crippen molar-refractivity contribution >= 4 is 29.3 Å². The number of nitrogens with zero attached hydrogens (tertiary/aromatic N) is 1. The van der Waals surface area contributed by atoms with Crippen molar-refractivity contribution in [2.75, 3.05) is 5.32 Å². The van der Waals surface area contributed by atoms with Gasteiger partial charge in [0.1, 0.15) is 11.6 Å². The number of nitrogens with one attached hydrogen (secondary N) is 1. The molecule has 0 saturated heterocycles. The van der Waals surface area contributed by atoms with E-state index in [2.05, 4.69) is 5.32 Å². The van der Waals surface area contributed by atoms with Gasteiger partial charge in [0.25, 0.3) is 5.91 Å². The van der Waals surface area contributed by atoms with Gasteiger partial charge in [0.15, 0.2) is 0 Å². The van der Waals surface area contributed by atoms with Crippen molar-refractivity contribution in [3.63, 3.8) is 0 Å². The maximum atomic E-state index is 12.0. The van der Waals surface area contributed by atoms with Gasteiger partial charge in [-0.15, -0.1) is 0 Å². The van der Waals surface area contributed by atoms with Crippen molar-refractivity contribution in [1.82, 2.24) is 0 Å². The summed E-state index contributed by atoms with van der Waals surface area (Å²) in [4.78, 5) is 12.0. The molecule has 3 nitrogen and oxygen atoms in total. The highest BCUT2D eigenvalue weighted by Crippen LogP contribution is 2.15. The van der Waals surface area contributed by atoms with Crippen LogP contribution in [0.2, 0.25) is 5.02 Å². The van der Waals surface area contributed by atoms with E-state index in [0.717, 1.165) is 0 Å². The average molecular weight is 283 g/mol. The number of halogens is 1. The molecular weight excluding hydrogens is 272 g/mol. The molecule has 0 aromatic heterocycles. The van der Waals surface area contributed by atoms with E-state index in [9.17, 15) is 4.79 Å². The topological polar surface area (TPSA) is 52.9 Å². The van der Waals surface area contributed by atoms with E-state index in [4.69, 9.17) is 16.9 Å². The Balaban J connectivity index is 2.20. The maximum Gasteiger partial charge on any atom is 0.266 e. The lowest BCUT2D eigenvalue weighted by Crippen LogP contribution is -2.13. The Bertz CT molecular complexity index is 687. The van der Waals surface area contributed by atoms with Crippen molar-refractivity contribution in [2.45, 2.75) is 0 Å². The molecule has 4 heteroatoms. The lowest BCUT2D eigenvalue weighted by Gasteiger charge is -2.03. The third-order valence-electron chi connectivity index (χ3n) is 2.56. The fraction of sp³-hybridized carbons (Fsp3) is 0. The van der Waals surface area contributed by atoms with Gasteiger partial charge in [0, 0.05) is 10.7 Å². The van der Waals surface area contributed by atoms with Crippen LogP contribution in [0.15, 0.2) is 60.2 Å². The molecule has 0 heterocycles. The van der Waals surface area contributed by atoms with Crippen LogP contribution in [0.3, 0.4) is 0 Å². The number of benzene rings is 2. The number of nitriles is 1. The van der Waals surface area contributed by atoms with Crippen LogP contribution in [0.1, 0.15) is 5.56 Å². The molecule has 2 aromatic rings. The quantitative estimate of drug-likeness (QED) is 0.686. The first-order valence-corrected chi connectivity index (χ1v) is 6.30. The van der Waals surface area contributed by atoms with Crippen molar-refractivity contribution in [2.24, 2.45) is 0 Å². The monoisotopic (exact) mass is 282 g/mol. The number of para-hydroxylation sites is 1. The summed E-state index contributed by atoms with van der Waals surface area (Å²) >= 11 is 5.87. The largest absolute Gasteiger partial charge is 0.321 e. The Kier molecular flexibility index (Phi) is 4.54. The summed E-state index contributed by atoms with van der Waals surface area (Å²) in [5.41, 5.74) is 1.37. The number of hydrogen-bond acceptors (Lipinski definition) is 2. The molecule has 0 aliphatic carbocycles. The lowest BCUT2D eigenvalue weighted by atomic mass is 10.1. The van der Waals surface area contributed by atoms with Gasteiger partial charge in [-0.05, 0) is 35.9 Å². The predicted octanol–water partition coefficient (Wildman–Crippen LogP) is 3.89. The molecule has 0 radical (unpaired) electrons. The van der Waals surface area contributed by atoms with Gasteiger partial charge in [0.05, 0.1) is 0 Å². The van der Waals surface area contributed by atoms with E-state index in [-0.39, 0.29) is 5.57 Å². The SMILES string of the molecule is N#C/C(=C\c1cccc(Cl)c1)C(=O)Nc1ccccc1. The molecule has 0 spiro atoms. The molecule has 2 rings (SSSR count). The number of anilines is 1. The van der Waals surface area contributed by atoms with E-state index in [1.54, 1.807) is 36.4 Å². The second-order valence-corrected chi connectivity index (χ2v) is 4.48. The highest BCUT2D eigenvalue weighted by Gasteiger charge is 2.09. The molecule has 1 N–H and O–H groups in total. The van der Waals surface area contributed by atoms with Gasteiger partial charge in [-0.25, -0.2) is 0 Å². The number of amides is 1. The van der Waals surface area contributed by atoms with Crippen LogP contribution in [0.25, 0.3) is 6.08 Å². The Morgan fingerprint density at radius 1 is 1.15 bits per heavy atom. The van der Waals surface area contributed by atoms with E-state index in [1.807, 2.05) is 24.3 Å². The summed E-state index contributed by atoms with van der Waals surface area (Å²) in [7, 11) is 0. The highest BCUT2D eigenvalue weighted by atomic mass is 35.5. The standard InChI is InChI=1S/C16H11ClN2O/c17-14-6-4-5-12(10-14)9-13(11-18)16(20)19-15-7-2-1-3-8-15/h1-10H,(H,19,20)/b13-9+. The zero-order chi connectivity index (χ0) is 14.4. The van der Waals surface area contributed by atoms with Crippen molar-refractivity contribution in [3.05, 3.63) is 70.8 Å². The molecule has 0 unspecified atom stereocenters. The van der Waals surface area contributed by atoms with Crippen LogP contribution < -0.4 is 5.32 Å². The van der Waals surface area contributed by atoms with Gasteiger partial charge in [0.2, 0.25) is 0 Å². The molecule has 0 aliphatic heterocycles. The van der Waals surface area contributed by atoms with Crippen LogP contribution in [0.4, 0.5) is 5.69 Å². The highest BCUT2D eigenvalue weighted by molar-refractivity contribution is 6.30. The van der Waals surface area contributed by atoms with E-state index in [1.165, 1.54) is 6.08 Å². The number of carbonyl (C=O) groups is 1. The van der Waals surface area contributed by atoms with Crippen LogP contribution >= 0.6 is 11.6 Å². The fourth-order valence-corrected chi connectivity index (χ4v) is 1.83. The summed E-state index contributed by atoms with van der Waals surface area (Å²) in [6.45, 7) is 0. The van der Waals surface area contributed by atoms with Gasteiger partial charge in [-0.3, -0.25) is 4.79 Å². The smallest absolute Gasteiger partial charge is 0.266 e. The molecule has 0 saturated carbocycles. The number of carbonyl (C=O) groups excluding carboxylic acids is 1. The Hall–Kier alpha value is -2.57. The van der Waals surface area contributed by atoms with Crippen LogP contribution in [-0.4, -0.2) is 5.91 Å². The minimum Gasteiger partial charge on any atom is -0.321 e. The summed E-state index contributed by atoms with van der Waals surface area (Å²) in [5, 5.41) is 12.3. The molecule has 0 atom stereocenters. The zero-order valence-corrected chi connectivity index (χ0v) is 11.3. The fourth-order valence-electron chi connectivity index (χ4n) is 1.63. The first kappa shape index (κ1) is 13.9. The minimum absolute atomic E-state index is 0.0242. The Labute approximate surface area is 122 Å².